The van der Waals surface area contributed by atoms with Gasteiger partial charge in [-0.25, -0.2) is 0 Å². The van der Waals surface area contributed by atoms with Crippen LogP contribution in [-0.4, -0.2) is 8.32 Å². The number of hydrogen-bond acceptors (Lipinski definition) is 1. The van der Waals surface area contributed by atoms with E-state index in [-0.39, 0.29) is 10.8 Å². The fourth-order valence-corrected chi connectivity index (χ4v) is 2.96. The van der Waals surface area contributed by atoms with Crippen molar-refractivity contribution in [2.45, 2.75) is 46.8 Å². The predicted molar refractivity (Wildman–Crippen MR) is 69.2 cm³/mol. The molecule has 1 rings (SSSR count). The quantitative estimate of drug-likeness (QED) is 0.393. The standard InChI is InChI=1S/C13H24OSi/c1-11(14-15(5,6)7)13(4)10-8-9-12(13,2)3/h8-9H,1,10H2,2-7H3. The fraction of sp³-hybridized carbons (Fsp3) is 0.692. The molecule has 0 aromatic heterocycles. The minimum atomic E-state index is -1.52. The highest BCUT2D eigenvalue weighted by molar-refractivity contribution is 6.70. The zero-order valence-corrected chi connectivity index (χ0v) is 12.0. The Hall–Kier alpha value is -0.503. The normalized spacial score (nSPS) is 29.2. The summed E-state index contributed by atoms with van der Waals surface area (Å²) in [5.74, 6) is 0.969. The van der Waals surface area contributed by atoms with Gasteiger partial charge in [-0.15, -0.1) is 0 Å². The highest BCUT2D eigenvalue weighted by Gasteiger charge is 2.45. The Labute approximate surface area is 95.4 Å². The van der Waals surface area contributed by atoms with Gasteiger partial charge < -0.3 is 4.43 Å². The third kappa shape index (κ3) is 2.36. The molecule has 15 heavy (non-hydrogen) atoms. The van der Waals surface area contributed by atoms with E-state index in [9.17, 15) is 0 Å². The van der Waals surface area contributed by atoms with Gasteiger partial charge in [-0.1, -0.05) is 39.5 Å². The monoisotopic (exact) mass is 224 g/mol. The molecular formula is C13H24OSi. The van der Waals surface area contributed by atoms with Gasteiger partial charge in [0.15, 0.2) is 0 Å². The molecule has 0 heterocycles. The maximum absolute atomic E-state index is 6.06. The lowest BCUT2D eigenvalue weighted by Crippen LogP contribution is -2.37. The van der Waals surface area contributed by atoms with E-state index in [1.165, 1.54) is 0 Å². The summed E-state index contributed by atoms with van der Waals surface area (Å²) >= 11 is 0. The van der Waals surface area contributed by atoms with Crippen molar-refractivity contribution in [2.24, 2.45) is 10.8 Å². The lowest BCUT2D eigenvalue weighted by Gasteiger charge is -2.41. The molecule has 0 aliphatic heterocycles. The molecule has 86 valence electrons. The van der Waals surface area contributed by atoms with Gasteiger partial charge in [0.2, 0.25) is 8.32 Å². The van der Waals surface area contributed by atoms with Crippen molar-refractivity contribution in [3.63, 3.8) is 0 Å². The Bertz CT molecular complexity index is 296. The number of rotatable bonds is 3. The average molecular weight is 224 g/mol. The summed E-state index contributed by atoms with van der Waals surface area (Å²) in [5, 5.41) is 0. The van der Waals surface area contributed by atoms with Crippen molar-refractivity contribution >= 4 is 8.32 Å². The van der Waals surface area contributed by atoms with Gasteiger partial charge in [0.25, 0.3) is 0 Å². The van der Waals surface area contributed by atoms with E-state index >= 15 is 0 Å². The topological polar surface area (TPSA) is 9.23 Å². The van der Waals surface area contributed by atoms with Crippen LogP contribution in [0.3, 0.4) is 0 Å². The second-order valence-electron chi connectivity index (χ2n) is 6.30. The Morgan fingerprint density at radius 2 is 1.80 bits per heavy atom. The molecule has 0 radical (unpaired) electrons. The minimum absolute atomic E-state index is 0.0628. The minimum Gasteiger partial charge on any atom is -0.547 e. The maximum Gasteiger partial charge on any atom is 0.241 e. The smallest absolute Gasteiger partial charge is 0.241 e. The van der Waals surface area contributed by atoms with E-state index in [4.69, 9.17) is 4.43 Å². The van der Waals surface area contributed by atoms with Crippen LogP contribution in [0.25, 0.3) is 0 Å². The Kier molecular flexibility index (Phi) is 2.94. The van der Waals surface area contributed by atoms with E-state index in [0.717, 1.165) is 12.2 Å². The van der Waals surface area contributed by atoms with Crippen LogP contribution >= 0.6 is 0 Å². The van der Waals surface area contributed by atoms with Gasteiger partial charge in [-0.3, -0.25) is 0 Å². The van der Waals surface area contributed by atoms with E-state index in [1.54, 1.807) is 0 Å². The Morgan fingerprint density at radius 1 is 1.27 bits per heavy atom. The van der Waals surface area contributed by atoms with E-state index in [1.807, 2.05) is 0 Å². The molecule has 1 nitrogen and oxygen atoms in total. The van der Waals surface area contributed by atoms with Crippen molar-refractivity contribution in [1.29, 1.82) is 0 Å². The maximum atomic E-state index is 6.06. The molecule has 1 atom stereocenters. The number of allylic oxidation sites excluding steroid dienone is 3. The molecule has 0 N–H and O–H groups in total. The lowest BCUT2D eigenvalue weighted by molar-refractivity contribution is 0.145. The van der Waals surface area contributed by atoms with Crippen LogP contribution in [0, 0.1) is 10.8 Å². The first-order chi connectivity index (χ1) is 6.58. The summed E-state index contributed by atoms with van der Waals surface area (Å²) in [6.45, 7) is 17.6. The van der Waals surface area contributed by atoms with Crippen LogP contribution in [0.5, 0.6) is 0 Å². The zero-order chi connectivity index (χ0) is 11.9. The molecule has 1 aliphatic rings. The SMILES string of the molecule is C=C(O[Si](C)(C)C)C1(C)CC=CC1(C)C. The van der Waals surface area contributed by atoms with Crippen molar-refractivity contribution < 1.29 is 4.43 Å². The van der Waals surface area contributed by atoms with Gasteiger partial charge in [0.05, 0.1) is 5.76 Å². The predicted octanol–water partition coefficient (Wildman–Crippen LogP) is 4.34. The third-order valence-electron chi connectivity index (χ3n) is 3.53. The van der Waals surface area contributed by atoms with Gasteiger partial charge >= 0.3 is 0 Å². The summed E-state index contributed by atoms with van der Waals surface area (Å²) in [4.78, 5) is 0. The van der Waals surface area contributed by atoms with Crippen molar-refractivity contribution in [1.82, 2.24) is 0 Å². The summed E-state index contributed by atoms with van der Waals surface area (Å²) in [6.07, 6.45) is 5.58. The van der Waals surface area contributed by atoms with Crippen LogP contribution in [0.2, 0.25) is 19.6 Å². The first-order valence-corrected chi connectivity index (χ1v) is 9.05. The Balaban J connectivity index is 2.85. The van der Waals surface area contributed by atoms with Gasteiger partial charge in [-0.05, 0) is 31.5 Å². The average Bonchev–Trinajstić information content (AvgIpc) is 2.24. The van der Waals surface area contributed by atoms with Crippen LogP contribution in [0.4, 0.5) is 0 Å². The van der Waals surface area contributed by atoms with Crippen LogP contribution in [0.1, 0.15) is 27.2 Å². The Morgan fingerprint density at radius 3 is 2.13 bits per heavy atom. The van der Waals surface area contributed by atoms with Crippen molar-refractivity contribution in [2.75, 3.05) is 0 Å². The fourth-order valence-electron chi connectivity index (χ4n) is 1.99. The van der Waals surface area contributed by atoms with Crippen LogP contribution in [-0.2, 0) is 4.43 Å². The first kappa shape index (κ1) is 12.6. The van der Waals surface area contributed by atoms with Crippen LogP contribution < -0.4 is 0 Å². The molecule has 0 aromatic carbocycles. The first-order valence-electron chi connectivity index (χ1n) is 5.65. The largest absolute Gasteiger partial charge is 0.547 e. The molecular weight excluding hydrogens is 200 g/mol. The molecule has 1 aliphatic carbocycles. The molecule has 1 unspecified atom stereocenters. The summed E-state index contributed by atoms with van der Waals surface area (Å²) in [7, 11) is -1.52. The third-order valence-corrected chi connectivity index (χ3v) is 4.39. The second kappa shape index (κ2) is 3.51. The lowest BCUT2D eigenvalue weighted by atomic mass is 9.68. The highest BCUT2D eigenvalue weighted by atomic mass is 28.4. The van der Waals surface area contributed by atoms with E-state index in [0.29, 0.717) is 0 Å². The molecule has 0 aromatic rings. The summed E-state index contributed by atoms with van der Waals surface area (Å²) in [5.41, 5.74) is 0.219. The molecule has 0 saturated carbocycles. The summed E-state index contributed by atoms with van der Waals surface area (Å²) < 4.78 is 6.06. The molecule has 0 spiro atoms. The second-order valence-corrected chi connectivity index (χ2v) is 10.7. The zero-order valence-electron chi connectivity index (χ0n) is 11.0. The molecule has 0 fully saturated rings. The molecule has 0 bridgehead atoms. The van der Waals surface area contributed by atoms with Crippen LogP contribution in [0.15, 0.2) is 24.5 Å². The van der Waals surface area contributed by atoms with E-state index in [2.05, 4.69) is 59.1 Å². The van der Waals surface area contributed by atoms with E-state index < -0.39 is 8.32 Å². The van der Waals surface area contributed by atoms with Crippen molar-refractivity contribution in [3.8, 4) is 0 Å². The molecule has 0 amide bonds. The molecule has 0 saturated heterocycles. The number of hydrogen-bond donors (Lipinski definition) is 0. The molecule has 2 heteroatoms. The van der Waals surface area contributed by atoms with Gasteiger partial charge in [-0.2, -0.15) is 0 Å². The highest BCUT2D eigenvalue weighted by Crippen LogP contribution is 2.52. The van der Waals surface area contributed by atoms with Gasteiger partial charge in [0, 0.05) is 5.41 Å². The van der Waals surface area contributed by atoms with Gasteiger partial charge in [0.1, 0.15) is 0 Å². The van der Waals surface area contributed by atoms with Crippen molar-refractivity contribution in [3.05, 3.63) is 24.5 Å². The summed E-state index contributed by atoms with van der Waals surface area (Å²) in [6, 6.07) is 0.